The fraction of sp³-hybridized carbons (Fsp3) is 0. The molecule has 0 N–H and O–H groups in total. The van der Waals surface area contributed by atoms with E-state index < -0.39 is 0 Å². The van der Waals surface area contributed by atoms with Crippen LogP contribution >= 0.6 is 45.2 Å². The summed E-state index contributed by atoms with van der Waals surface area (Å²) in [6.07, 6.45) is 0. The van der Waals surface area contributed by atoms with Crippen LogP contribution < -0.4 is 0 Å². The molecule has 0 amide bonds. The molecule has 0 saturated heterocycles. The van der Waals surface area contributed by atoms with Crippen molar-refractivity contribution in [2.24, 2.45) is 0 Å². The van der Waals surface area contributed by atoms with Gasteiger partial charge in [0.25, 0.3) is 0 Å². The molecule has 0 nitrogen and oxygen atoms in total. The molecular formula is C6H2F2I2. The second kappa shape index (κ2) is 3.29. The van der Waals surface area contributed by atoms with Crippen LogP contribution in [0, 0.1) is 18.8 Å². The molecule has 0 aliphatic carbocycles. The summed E-state index contributed by atoms with van der Waals surface area (Å²) in [7, 11) is 0. The SMILES string of the molecule is Fc1ccc(F)c(I)c1I. The van der Waals surface area contributed by atoms with Crippen LogP contribution in [0.1, 0.15) is 0 Å². The molecule has 4 heteroatoms. The predicted octanol–water partition coefficient (Wildman–Crippen LogP) is 3.17. The van der Waals surface area contributed by atoms with Gasteiger partial charge in [0.1, 0.15) is 11.6 Å². The summed E-state index contributed by atoms with van der Waals surface area (Å²) in [4.78, 5) is 0. The lowest BCUT2D eigenvalue weighted by Crippen LogP contribution is -1.89. The van der Waals surface area contributed by atoms with Crippen molar-refractivity contribution in [1.82, 2.24) is 0 Å². The summed E-state index contributed by atoms with van der Waals surface area (Å²) < 4.78 is 25.9. The molecule has 0 fully saturated rings. The van der Waals surface area contributed by atoms with Gasteiger partial charge in [0, 0.05) is 0 Å². The smallest absolute Gasteiger partial charge is 0.137 e. The van der Waals surface area contributed by atoms with Gasteiger partial charge in [-0.15, -0.1) is 0 Å². The van der Waals surface area contributed by atoms with E-state index in [2.05, 4.69) is 0 Å². The zero-order valence-electron chi connectivity index (χ0n) is 4.67. The fourth-order valence-electron chi connectivity index (χ4n) is 0.502. The minimum absolute atomic E-state index is 0.346. The van der Waals surface area contributed by atoms with Gasteiger partial charge >= 0.3 is 0 Å². The van der Waals surface area contributed by atoms with E-state index in [-0.39, 0.29) is 11.6 Å². The van der Waals surface area contributed by atoms with Gasteiger partial charge in [-0.25, -0.2) is 8.78 Å². The maximum atomic E-state index is 12.6. The van der Waals surface area contributed by atoms with Gasteiger partial charge in [-0.05, 0) is 57.3 Å². The Hall–Kier alpha value is 0.540. The Labute approximate surface area is 84.3 Å². The first-order valence-corrected chi connectivity index (χ1v) is 4.57. The summed E-state index contributed by atoms with van der Waals surface area (Å²) >= 11 is 3.54. The van der Waals surface area contributed by atoms with Crippen LogP contribution in [0.4, 0.5) is 8.78 Å². The van der Waals surface area contributed by atoms with Crippen molar-refractivity contribution in [2.45, 2.75) is 0 Å². The maximum absolute atomic E-state index is 12.6. The molecule has 0 radical (unpaired) electrons. The Morgan fingerprint density at radius 3 is 1.50 bits per heavy atom. The van der Waals surface area contributed by atoms with Gasteiger partial charge in [-0.1, -0.05) is 0 Å². The summed E-state index contributed by atoms with van der Waals surface area (Å²) in [6.45, 7) is 0. The van der Waals surface area contributed by atoms with E-state index >= 15 is 0 Å². The summed E-state index contributed by atoms with van der Waals surface area (Å²) in [5.41, 5.74) is 0. The summed E-state index contributed by atoms with van der Waals surface area (Å²) in [5, 5.41) is 0. The highest BCUT2D eigenvalue weighted by atomic mass is 127. The lowest BCUT2D eigenvalue weighted by Gasteiger charge is -1.97. The minimum Gasteiger partial charge on any atom is -0.206 e. The average Bonchev–Trinajstić information content (AvgIpc) is 1.93. The number of benzene rings is 1. The monoisotopic (exact) mass is 366 g/mol. The Balaban J connectivity index is 3.34. The third-order valence-electron chi connectivity index (χ3n) is 0.988. The van der Waals surface area contributed by atoms with E-state index in [9.17, 15) is 8.78 Å². The van der Waals surface area contributed by atoms with E-state index in [0.29, 0.717) is 7.14 Å². The number of hydrogen-bond acceptors (Lipinski definition) is 0. The van der Waals surface area contributed by atoms with Crippen LogP contribution in [0.5, 0.6) is 0 Å². The second-order valence-corrected chi connectivity index (χ2v) is 3.81. The van der Waals surface area contributed by atoms with Crippen LogP contribution in [0.25, 0.3) is 0 Å². The van der Waals surface area contributed by atoms with Crippen molar-refractivity contribution >= 4 is 45.2 Å². The molecule has 0 bridgehead atoms. The molecule has 54 valence electrons. The molecule has 0 spiro atoms. The molecule has 0 aliphatic rings. The van der Waals surface area contributed by atoms with Gasteiger partial charge in [0.15, 0.2) is 0 Å². The maximum Gasteiger partial charge on any atom is 0.137 e. The van der Waals surface area contributed by atoms with E-state index in [0.717, 1.165) is 12.1 Å². The highest BCUT2D eigenvalue weighted by Crippen LogP contribution is 2.20. The van der Waals surface area contributed by atoms with Crippen LogP contribution in [-0.4, -0.2) is 0 Å². The largest absolute Gasteiger partial charge is 0.206 e. The van der Waals surface area contributed by atoms with Gasteiger partial charge in [0.05, 0.1) is 7.14 Å². The second-order valence-electron chi connectivity index (χ2n) is 1.66. The standard InChI is InChI=1S/C6H2F2I2/c7-3-1-2-4(8)6(10)5(3)9/h1-2H. The molecule has 1 rings (SSSR count). The summed E-state index contributed by atoms with van der Waals surface area (Å²) in [6, 6.07) is 2.25. The lowest BCUT2D eigenvalue weighted by molar-refractivity contribution is 0.587. The Morgan fingerprint density at radius 1 is 0.900 bits per heavy atom. The quantitative estimate of drug-likeness (QED) is 0.376. The molecule has 10 heavy (non-hydrogen) atoms. The zero-order valence-corrected chi connectivity index (χ0v) is 8.98. The van der Waals surface area contributed by atoms with Crippen molar-refractivity contribution in [3.05, 3.63) is 30.9 Å². The number of rotatable bonds is 0. The van der Waals surface area contributed by atoms with Crippen molar-refractivity contribution in [3.8, 4) is 0 Å². The molecule has 0 saturated carbocycles. The van der Waals surface area contributed by atoms with Crippen molar-refractivity contribution in [3.63, 3.8) is 0 Å². The third-order valence-corrected chi connectivity index (χ3v) is 4.13. The molecule has 1 aromatic rings. The van der Waals surface area contributed by atoms with Crippen LogP contribution in [-0.2, 0) is 0 Å². The minimum atomic E-state index is -0.369. The summed E-state index contributed by atoms with van der Waals surface area (Å²) in [5.74, 6) is -0.738. The normalized spacial score (nSPS) is 10.0. The first kappa shape index (κ1) is 8.63. The molecule has 0 aromatic heterocycles. The highest BCUT2D eigenvalue weighted by molar-refractivity contribution is 14.1. The first-order valence-electron chi connectivity index (χ1n) is 2.42. The van der Waals surface area contributed by atoms with Crippen LogP contribution in [0.3, 0.4) is 0 Å². The molecule has 0 aliphatic heterocycles. The first-order chi connectivity index (χ1) is 4.63. The third kappa shape index (κ3) is 1.58. The molecule has 0 unspecified atom stereocenters. The zero-order chi connectivity index (χ0) is 7.72. The number of halogens is 4. The molecular weight excluding hydrogens is 364 g/mol. The molecule has 0 atom stereocenters. The topological polar surface area (TPSA) is 0 Å². The van der Waals surface area contributed by atoms with Crippen molar-refractivity contribution < 1.29 is 8.78 Å². The van der Waals surface area contributed by atoms with E-state index in [1.165, 1.54) is 0 Å². The Kier molecular flexibility index (Phi) is 2.84. The lowest BCUT2D eigenvalue weighted by atomic mass is 10.3. The van der Waals surface area contributed by atoms with Crippen LogP contribution in [0.15, 0.2) is 12.1 Å². The fourth-order valence-corrected chi connectivity index (χ4v) is 1.38. The van der Waals surface area contributed by atoms with Gasteiger partial charge in [-0.3, -0.25) is 0 Å². The molecule has 0 heterocycles. The van der Waals surface area contributed by atoms with E-state index in [1.54, 1.807) is 45.2 Å². The average molecular weight is 366 g/mol. The predicted molar refractivity (Wildman–Crippen MR) is 51.8 cm³/mol. The molecule has 1 aromatic carbocycles. The van der Waals surface area contributed by atoms with Crippen LogP contribution in [0.2, 0.25) is 0 Å². The number of hydrogen-bond donors (Lipinski definition) is 0. The van der Waals surface area contributed by atoms with Gasteiger partial charge in [-0.2, -0.15) is 0 Å². The van der Waals surface area contributed by atoms with E-state index in [1.807, 2.05) is 0 Å². The van der Waals surface area contributed by atoms with Crippen molar-refractivity contribution in [1.29, 1.82) is 0 Å². The Bertz CT molecular complexity index is 233. The highest BCUT2D eigenvalue weighted by Gasteiger charge is 2.06. The van der Waals surface area contributed by atoms with E-state index in [4.69, 9.17) is 0 Å². The van der Waals surface area contributed by atoms with Gasteiger partial charge < -0.3 is 0 Å². The Morgan fingerprint density at radius 2 is 1.20 bits per heavy atom. The van der Waals surface area contributed by atoms with Crippen molar-refractivity contribution in [2.75, 3.05) is 0 Å². The van der Waals surface area contributed by atoms with Gasteiger partial charge in [0.2, 0.25) is 0 Å².